The zero-order valence-corrected chi connectivity index (χ0v) is 10.8. The first kappa shape index (κ1) is 12.3. The Kier molecular flexibility index (Phi) is 5.07. The predicted octanol–water partition coefficient (Wildman–Crippen LogP) is -0.0126. The molecule has 2 heterocycles. The number of nitrogens with zero attached hydrogens (tertiary/aromatic N) is 2. The average Bonchev–Trinajstić information content (AvgIpc) is 2.33. The number of nitrogens with two attached hydrogens (primary N) is 1. The van der Waals surface area contributed by atoms with E-state index in [0.717, 1.165) is 5.92 Å². The van der Waals surface area contributed by atoms with Gasteiger partial charge >= 0.3 is 0 Å². The highest BCUT2D eigenvalue weighted by molar-refractivity contribution is 4.70. The molecule has 0 bridgehead atoms. The lowest BCUT2D eigenvalue weighted by Crippen LogP contribution is -2.86. The molecule has 0 spiro atoms. The second kappa shape index (κ2) is 6.58. The van der Waals surface area contributed by atoms with Crippen LogP contribution >= 0.6 is 0 Å². The molecule has 0 atom stereocenters. The average molecular weight is 226 g/mol. The summed E-state index contributed by atoms with van der Waals surface area (Å²) in [5.41, 5.74) is 0. The molecule has 0 amide bonds. The molecule has 0 aromatic carbocycles. The van der Waals surface area contributed by atoms with Gasteiger partial charge in [0.15, 0.2) is 0 Å². The summed E-state index contributed by atoms with van der Waals surface area (Å²) in [6, 6.07) is 0. The molecule has 3 nitrogen and oxygen atoms in total. The lowest BCUT2D eigenvalue weighted by atomic mass is 9.93. The van der Waals surface area contributed by atoms with E-state index in [1.165, 1.54) is 71.5 Å². The van der Waals surface area contributed by atoms with Gasteiger partial charge in [-0.25, -0.2) is 0 Å². The van der Waals surface area contributed by atoms with Crippen LogP contribution in [0.25, 0.3) is 0 Å². The molecule has 0 aromatic heterocycles. The molecule has 0 unspecified atom stereocenters. The molecule has 2 saturated heterocycles. The second-order valence-electron chi connectivity index (χ2n) is 5.60. The first-order chi connectivity index (χ1) is 7.84. The van der Waals surface area contributed by atoms with E-state index in [1.807, 2.05) is 0 Å². The summed E-state index contributed by atoms with van der Waals surface area (Å²) in [6.07, 6.45) is 5.82. The zero-order chi connectivity index (χ0) is 11.2. The van der Waals surface area contributed by atoms with Crippen LogP contribution in [0.3, 0.4) is 0 Å². The van der Waals surface area contributed by atoms with Gasteiger partial charge in [0.25, 0.3) is 0 Å². The van der Waals surface area contributed by atoms with Gasteiger partial charge in [0.1, 0.15) is 0 Å². The molecule has 0 saturated carbocycles. The molecule has 2 aliphatic heterocycles. The van der Waals surface area contributed by atoms with Crippen molar-refractivity contribution in [2.75, 3.05) is 52.9 Å². The van der Waals surface area contributed by atoms with Crippen molar-refractivity contribution in [3.8, 4) is 0 Å². The van der Waals surface area contributed by atoms with Gasteiger partial charge in [-0.15, -0.1) is 0 Å². The fourth-order valence-electron chi connectivity index (χ4n) is 2.96. The summed E-state index contributed by atoms with van der Waals surface area (Å²) in [5.74, 6) is 1.04. The standard InChI is InChI=1S/C13H27N3/c1-15-9-11-16(12-10-15)8-2-3-13-4-6-14-7-5-13/h13-14H,2-12H2,1H3/p+1. The first-order valence-electron chi connectivity index (χ1n) is 7.07. The highest BCUT2D eigenvalue weighted by atomic mass is 15.2. The summed E-state index contributed by atoms with van der Waals surface area (Å²) >= 11 is 0. The number of hydrogen-bond acceptors (Lipinski definition) is 2. The highest BCUT2D eigenvalue weighted by Crippen LogP contribution is 2.16. The summed E-state index contributed by atoms with van der Waals surface area (Å²) in [4.78, 5) is 5.09. The fraction of sp³-hybridized carbons (Fsp3) is 1.00. The monoisotopic (exact) mass is 226 g/mol. The lowest BCUT2D eigenvalue weighted by Gasteiger charge is -2.32. The van der Waals surface area contributed by atoms with Crippen molar-refractivity contribution in [2.45, 2.75) is 25.7 Å². The van der Waals surface area contributed by atoms with E-state index >= 15 is 0 Å². The topological polar surface area (TPSA) is 23.1 Å². The van der Waals surface area contributed by atoms with Gasteiger partial charge in [-0.2, -0.15) is 0 Å². The van der Waals surface area contributed by atoms with Crippen molar-refractivity contribution < 1.29 is 5.32 Å². The van der Waals surface area contributed by atoms with E-state index < -0.39 is 0 Å². The zero-order valence-electron chi connectivity index (χ0n) is 10.8. The molecule has 3 heteroatoms. The van der Waals surface area contributed by atoms with Gasteiger partial charge in [0, 0.05) is 26.2 Å². The number of piperazine rings is 1. The molecule has 2 N–H and O–H groups in total. The lowest BCUT2D eigenvalue weighted by molar-refractivity contribution is -0.664. The van der Waals surface area contributed by atoms with Crippen LogP contribution in [-0.4, -0.2) is 62.7 Å². The SMILES string of the molecule is CN1CCN(CCCC2CC[NH2+]CC2)CC1. The molecule has 94 valence electrons. The van der Waals surface area contributed by atoms with Crippen molar-refractivity contribution in [3.63, 3.8) is 0 Å². The molecule has 0 radical (unpaired) electrons. The van der Waals surface area contributed by atoms with Crippen molar-refractivity contribution >= 4 is 0 Å². The second-order valence-corrected chi connectivity index (χ2v) is 5.60. The molecule has 2 aliphatic rings. The quantitative estimate of drug-likeness (QED) is 0.728. The fourth-order valence-corrected chi connectivity index (χ4v) is 2.96. The third kappa shape index (κ3) is 4.04. The number of quaternary nitrogens is 1. The van der Waals surface area contributed by atoms with Crippen molar-refractivity contribution in [2.24, 2.45) is 5.92 Å². The molecular formula is C13H28N3+. The van der Waals surface area contributed by atoms with Crippen molar-refractivity contribution in [3.05, 3.63) is 0 Å². The molecule has 2 rings (SSSR count). The highest BCUT2D eigenvalue weighted by Gasteiger charge is 2.17. The third-order valence-electron chi connectivity index (χ3n) is 4.24. The van der Waals surface area contributed by atoms with Crippen LogP contribution in [0.15, 0.2) is 0 Å². The predicted molar refractivity (Wildman–Crippen MR) is 67.6 cm³/mol. The van der Waals surface area contributed by atoms with E-state index in [-0.39, 0.29) is 0 Å². The van der Waals surface area contributed by atoms with Gasteiger partial charge < -0.3 is 15.1 Å². The van der Waals surface area contributed by atoms with Gasteiger partial charge in [-0.1, -0.05) is 0 Å². The van der Waals surface area contributed by atoms with Gasteiger partial charge in [0.2, 0.25) is 0 Å². The van der Waals surface area contributed by atoms with E-state index in [0.29, 0.717) is 0 Å². The van der Waals surface area contributed by atoms with Crippen molar-refractivity contribution in [1.82, 2.24) is 9.80 Å². The maximum absolute atomic E-state index is 2.65. The van der Waals surface area contributed by atoms with Gasteiger partial charge in [-0.3, -0.25) is 0 Å². The Hall–Kier alpha value is -0.120. The van der Waals surface area contributed by atoms with E-state index in [9.17, 15) is 0 Å². The van der Waals surface area contributed by atoms with E-state index in [1.54, 1.807) is 0 Å². The smallest absolute Gasteiger partial charge is 0.0758 e. The van der Waals surface area contributed by atoms with Gasteiger partial charge in [0.05, 0.1) is 13.1 Å². The third-order valence-corrected chi connectivity index (χ3v) is 4.24. The molecule has 0 aliphatic carbocycles. The van der Waals surface area contributed by atoms with Crippen LogP contribution in [0.1, 0.15) is 25.7 Å². The van der Waals surface area contributed by atoms with Crippen LogP contribution in [0.2, 0.25) is 0 Å². The van der Waals surface area contributed by atoms with Crippen LogP contribution < -0.4 is 5.32 Å². The van der Waals surface area contributed by atoms with Crippen LogP contribution in [0.5, 0.6) is 0 Å². The summed E-state index contributed by atoms with van der Waals surface area (Å²) in [5, 5.41) is 2.47. The van der Waals surface area contributed by atoms with E-state index in [2.05, 4.69) is 22.2 Å². The van der Waals surface area contributed by atoms with Gasteiger partial charge in [-0.05, 0) is 45.2 Å². The van der Waals surface area contributed by atoms with Crippen LogP contribution in [0, 0.1) is 5.92 Å². The van der Waals surface area contributed by atoms with Crippen molar-refractivity contribution in [1.29, 1.82) is 0 Å². The Bertz CT molecular complexity index is 182. The summed E-state index contributed by atoms with van der Waals surface area (Å²) in [6.45, 7) is 9.19. The largest absolute Gasteiger partial charge is 0.346 e. The molecule has 0 aromatic rings. The van der Waals surface area contributed by atoms with Crippen LogP contribution in [0.4, 0.5) is 0 Å². The first-order valence-corrected chi connectivity index (χ1v) is 7.07. The Morgan fingerprint density at radius 1 is 1.06 bits per heavy atom. The summed E-state index contributed by atoms with van der Waals surface area (Å²) < 4.78 is 0. The molecule has 2 fully saturated rings. The number of rotatable bonds is 4. The minimum Gasteiger partial charge on any atom is -0.346 e. The minimum absolute atomic E-state index is 1.04. The van der Waals surface area contributed by atoms with Crippen LogP contribution in [-0.2, 0) is 0 Å². The van der Waals surface area contributed by atoms with E-state index in [4.69, 9.17) is 0 Å². The molecular weight excluding hydrogens is 198 g/mol. The maximum atomic E-state index is 2.65. The minimum atomic E-state index is 1.04. The Balaban J connectivity index is 1.53. The Morgan fingerprint density at radius 2 is 1.75 bits per heavy atom. The Labute approximate surface area is 100 Å². The summed E-state index contributed by atoms with van der Waals surface area (Å²) in [7, 11) is 2.23. The maximum Gasteiger partial charge on any atom is 0.0758 e. The number of hydrogen-bond donors (Lipinski definition) is 1. The number of likely N-dealkylation sites (N-methyl/N-ethyl adjacent to an activating group) is 1. The Morgan fingerprint density at radius 3 is 2.44 bits per heavy atom. The normalized spacial score (nSPS) is 26.1. The number of piperidine rings is 1. The molecule has 16 heavy (non-hydrogen) atoms.